The van der Waals surface area contributed by atoms with Crippen molar-refractivity contribution < 1.29 is 9.53 Å². The van der Waals surface area contributed by atoms with E-state index in [1.807, 2.05) is 86.6 Å². The number of carbonyl (C=O) groups excluding carboxylic acids is 1. The fraction of sp³-hybridized carbons (Fsp3) is 0.207. The molecule has 0 unspecified atom stereocenters. The zero-order valence-corrected chi connectivity index (χ0v) is 19.8. The Kier molecular flexibility index (Phi) is 6.19. The van der Waals surface area contributed by atoms with Crippen molar-refractivity contribution in [3.63, 3.8) is 0 Å². The van der Waals surface area contributed by atoms with E-state index in [0.29, 0.717) is 35.8 Å². The van der Waals surface area contributed by atoms with E-state index in [9.17, 15) is 9.59 Å². The van der Waals surface area contributed by atoms with Crippen LogP contribution >= 0.6 is 0 Å². The lowest BCUT2D eigenvalue weighted by atomic mass is 9.97. The van der Waals surface area contributed by atoms with Gasteiger partial charge in [-0.3, -0.25) is 9.36 Å². The molecule has 0 fully saturated rings. The summed E-state index contributed by atoms with van der Waals surface area (Å²) in [4.78, 5) is 33.0. The molecule has 4 aromatic rings. The highest BCUT2D eigenvalue weighted by molar-refractivity contribution is 5.71. The van der Waals surface area contributed by atoms with Crippen LogP contribution in [0, 0.1) is 13.8 Å². The van der Waals surface area contributed by atoms with E-state index in [1.165, 1.54) is 0 Å². The van der Waals surface area contributed by atoms with Gasteiger partial charge in [0.05, 0.1) is 18.3 Å². The summed E-state index contributed by atoms with van der Waals surface area (Å²) in [6, 6.07) is 27.1. The lowest BCUT2D eigenvalue weighted by Crippen LogP contribution is -2.43. The summed E-state index contributed by atoms with van der Waals surface area (Å²) in [5, 5.41) is 0. The average Bonchev–Trinajstić information content (AvgIpc) is 2.88. The van der Waals surface area contributed by atoms with E-state index < -0.39 is 6.09 Å². The van der Waals surface area contributed by atoms with Crippen LogP contribution in [0.5, 0.6) is 5.75 Å². The van der Waals surface area contributed by atoms with Crippen molar-refractivity contribution >= 4 is 6.09 Å². The molecule has 0 radical (unpaired) electrons. The predicted molar refractivity (Wildman–Crippen MR) is 135 cm³/mol. The third kappa shape index (κ3) is 4.60. The van der Waals surface area contributed by atoms with Crippen LogP contribution in [-0.4, -0.2) is 27.1 Å². The van der Waals surface area contributed by atoms with E-state index in [-0.39, 0.29) is 18.1 Å². The monoisotopic (exact) mass is 465 g/mol. The Morgan fingerprint density at radius 3 is 2.09 bits per heavy atom. The Morgan fingerprint density at radius 2 is 1.49 bits per heavy atom. The molecule has 35 heavy (non-hydrogen) atoms. The standard InChI is InChI=1S/C29H27N3O3/c1-20-13-15-24(16-14-20)35-29(34)31-18-17-25-26(19-31)30-21(2)32(28(25)33)27(22-9-5-3-6-10-22)23-11-7-4-8-12-23/h3-16,27H,17-19H2,1-2H3. The van der Waals surface area contributed by atoms with Crippen LogP contribution in [0.25, 0.3) is 0 Å². The fourth-order valence-corrected chi connectivity index (χ4v) is 4.61. The van der Waals surface area contributed by atoms with Gasteiger partial charge in [-0.05, 0) is 43.5 Å². The van der Waals surface area contributed by atoms with Crippen molar-refractivity contribution in [3.8, 4) is 5.75 Å². The molecule has 0 aliphatic carbocycles. The molecule has 1 aliphatic heterocycles. The predicted octanol–water partition coefficient (Wildman–Crippen LogP) is 5.05. The van der Waals surface area contributed by atoms with Gasteiger partial charge in [-0.25, -0.2) is 9.78 Å². The number of hydrogen-bond acceptors (Lipinski definition) is 4. The normalized spacial score (nSPS) is 12.9. The van der Waals surface area contributed by atoms with Gasteiger partial charge in [-0.1, -0.05) is 78.4 Å². The molecule has 1 aromatic heterocycles. The summed E-state index contributed by atoms with van der Waals surface area (Å²) in [6.45, 7) is 4.48. The highest BCUT2D eigenvalue weighted by Crippen LogP contribution is 2.27. The lowest BCUT2D eigenvalue weighted by Gasteiger charge is -2.30. The molecule has 0 spiro atoms. The van der Waals surface area contributed by atoms with Crippen LogP contribution in [-0.2, 0) is 13.0 Å². The quantitative estimate of drug-likeness (QED) is 0.423. The summed E-state index contributed by atoms with van der Waals surface area (Å²) >= 11 is 0. The van der Waals surface area contributed by atoms with Gasteiger partial charge in [0.1, 0.15) is 11.6 Å². The van der Waals surface area contributed by atoms with Gasteiger partial charge >= 0.3 is 6.09 Å². The Labute approximate surface area is 204 Å². The summed E-state index contributed by atoms with van der Waals surface area (Å²) in [5.41, 5.74) is 4.37. The summed E-state index contributed by atoms with van der Waals surface area (Å²) in [6.07, 6.45) is -0.00428. The molecular weight excluding hydrogens is 438 g/mol. The van der Waals surface area contributed by atoms with Crippen molar-refractivity contribution in [3.05, 3.63) is 129 Å². The number of aryl methyl sites for hydroxylation is 2. The molecule has 176 valence electrons. The smallest absolute Gasteiger partial charge is 0.410 e. The third-order valence-electron chi connectivity index (χ3n) is 6.42. The third-order valence-corrected chi connectivity index (χ3v) is 6.42. The number of carbonyl (C=O) groups is 1. The first kappa shape index (κ1) is 22.6. The van der Waals surface area contributed by atoms with Crippen LogP contribution in [0.1, 0.15) is 39.8 Å². The average molecular weight is 466 g/mol. The minimum absolute atomic E-state index is 0.0586. The number of hydrogen-bond donors (Lipinski definition) is 0. The van der Waals surface area contributed by atoms with E-state index in [4.69, 9.17) is 9.72 Å². The molecular formula is C29H27N3O3. The minimum atomic E-state index is -0.436. The Bertz CT molecular complexity index is 1360. The molecule has 0 saturated carbocycles. The molecule has 3 aromatic carbocycles. The molecule has 6 heteroatoms. The van der Waals surface area contributed by atoms with Gasteiger partial charge in [-0.2, -0.15) is 0 Å². The van der Waals surface area contributed by atoms with Gasteiger partial charge in [0.25, 0.3) is 5.56 Å². The Hall–Kier alpha value is -4.19. The van der Waals surface area contributed by atoms with Crippen LogP contribution < -0.4 is 10.3 Å². The molecule has 0 bridgehead atoms. The van der Waals surface area contributed by atoms with E-state index in [1.54, 1.807) is 21.6 Å². The van der Waals surface area contributed by atoms with Crippen molar-refractivity contribution in [2.24, 2.45) is 0 Å². The van der Waals surface area contributed by atoms with Crippen molar-refractivity contribution in [1.82, 2.24) is 14.5 Å². The zero-order chi connectivity index (χ0) is 24.4. The minimum Gasteiger partial charge on any atom is -0.410 e. The topological polar surface area (TPSA) is 64.4 Å². The summed E-state index contributed by atoms with van der Waals surface area (Å²) < 4.78 is 7.32. The maximum atomic E-state index is 13.8. The van der Waals surface area contributed by atoms with Crippen molar-refractivity contribution in [2.75, 3.05) is 6.54 Å². The number of aromatic nitrogens is 2. The first-order valence-electron chi connectivity index (χ1n) is 11.8. The first-order chi connectivity index (χ1) is 17.0. The highest BCUT2D eigenvalue weighted by atomic mass is 16.6. The molecule has 0 saturated heterocycles. The second-order valence-electron chi connectivity index (χ2n) is 8.84. The zero-order valence-electron chi connectivity index (χ0n) is 19.8. The first-order valence-corrected chi connectivity index (χ1v) is 11.8. The van der Waals surface area contributed by atoms with E-state index in [2.05, 4.69) is 0 Å². The Morgan fingerprint density at radius 1 is 0.886 bits per heavy atom. The number of amides is 1. The number of ether oxygens (including phenoxy) is 1. The van der Waals surface area contributed by atoms with Crippen LogP contribution in [0.3, 0.4) is 0 Å². The van der Waals surface area contributed by atoms with Gasteiger partial charge < -0.3 is 9.64 Å². The maximum Gasteiger partial charge on any atom is 0.415 e. The van der Waals surface area contributed by atoms with Crippen molar-refractivity contribution in [2.45, 2.75) is 32.9 Å². The molecule has 5 rings (SSSR count). The van der Waals surface area contributed by atoms with Gasteiger partial charge in [0.15, 0.2) is 0 Å². The van der Waals surface area contributed by atoms with Crippen molar-refractivity contribution in [1.29, 1.82) is 0 Å². The largest absolute Gasteiger partial charge is 0.415 e. The summed E-state index contributed by atoms with van der Waals surface area (Å²) in [7, 11) is 0. The SMILES string of the molecule is Cc1ccc(OC(=O)N2CCc3c(nc(C)n(C(c4ccccc4)c4ccccc4)c3=O)C2)cc1. The second-order valence-corrected chi connectivity index (χ2v) is 8.84. The van der Waals surface area contributed by atoms with E-state index >= 15 is 0 Å². The lowest BCUT2D eigenvalue weighted by molar-refractivity contribution is 0.145. The molecule has 1 amide bonds. The number of fused-ring (bicyclic) bond motifs is 1. The highest BCUT2D eigenvalue weighted by Gasteiger charge is 2.29. The molecule has 0 N–H and O–H groups in total. The summed E-state index contributed by atoms with van der Waals surface area (Å²) in [5.74, 6) is 1.11. The van der Waals surface area contributed by atoms with Crippen LogP contribution in [0.2, 0.25) is 0 Å². The molecule has 1 aliphatic rings. The van der Waals surface area contributed by atoms with Crippen LogP contribution in [0.4, 0.5) is 4.79 Å². The molecule has 0 atom stereocenters. The van der Waals surface area contributed by atoms with Gasteiger partial charge in [0, 0.05) is 12.1 Å². The fourth-order valence-electron chi connectivity index (χ4n) is 4.61. The van der Waals surface area contributed by atoms with Crippen LogP contribution in [0.15, 0.2) is 89.7 Å². The van der Waals surface area contributed by atoms with E-state index in [0.717, 1.165) is 16.7 Å². The van der Waals surface area contributed by atoms with Gasteiger partial charge in [-0.15, -0.1) is 0 Å². The number of rotatable bonds is 4. The maximum absolute atomic E-state index is 13.8. The second kappa shape index (κ2) is 9.58. The Balaban J connectivity index is 1.48. The molecule has 2 heterocycles. The number of benzene rings is 3. The molecule has 6 nitrogen and oxygen atoms in total. The van der Waals surface area contributed by atoms with Gasteiger partial charge in [0.2, 0.25) is 0 Å². The number of nitrogens with zero attached hydrogens (tertiary/aromatic N) is 3.